The summed E-state index contributed by atoms with van der Waals surface area (Å²) < 4.78 is 5.04. The molecule has 0 bridgehead atoms. The van der Waals surface area contributed by atoms with E-state index in [2.05, 4.69) is 15.0 Å². The normalized spacial score (nSPS) is 12.1. The highest BCUT2D eigenvalue weighted by Gasteiger charge is 2.10. The van der Waals surface area contributed by atoms with Gasteiger partial charge in [-0.05, 0) is 17.7 Å². The third-order valence-corrected chi connectivity index (χ3v) is 2.77. The van der Waals surface area contributed by atoms with Crippen molar-refractivity contribution in [2.24, 2.45) is 0 Å². The second-order valence-electron chi connectivity index (χ2n) is 3.50. The Morgan fingerprint density at radius 2 is 2.06 bits per heavy atom. The van der Waals surface area contributed by atoms with E-state index in [9.17, 15) is 0 Å². The molecule has 0 amide bonds. The molecule has 0 aliphatic carbocycles. The van der Waals surface area contributed by atoms with E-state index in [1.807, 2.05) is 12.1 Å². The van der Waals surface area contributed by atoms with Crippen molar-refractivity contribution in [3.8, 4) is 5.88 Å². The van der Waals surface area contributed by atoms with Gasteiger partial charge in [0.1, 0.15) is 6.33 Å². The largest absolute Gasteiger partial charge is 0.481 e. The molecular weight excluding hydrogens is 238 g/mol. The van der Waals surface area contributed by atoms with Crippen molar-refractivity contribution < 1.29 is 4.74 Å². The van der Waals surface area contributed by atoms with Crippen molar-refractivity contribution in [3.63, 3.8) is 0 Å². The maximum absolute atomic E-state index is 6.31. The van der Waals surface area contributed by atoms with Crippen molar-refractivity contribution in [2.45, 2.75) is 11.8 Å². The monoisotopic (exact) mass is 249 g/mol. The number of aromatic nitrogens is 3. The molecule has 0 aliphatic heterocycles. The molecule has 4 nitrogen and oxygen atoms in total. The number of alkyl halides is 1. The lowest BCUT2D eigenvalue weighted by molar-refractivity contribution is 0.396. The molecule has 1 atom stereocenters. The average Bonchev–Trinajstić information content (AvgIpc) is 2.40. The van der Waals surface area contributed by atoms with Crippen LogP contribution in [0.25, 0.3) is 0 Å². The molecule has 0 saturated carbocycles. The Kier molecular flexibility index (Phi) is 3.88. The first-order valence-electron chi connectivity index (χ1n) is 5.18. The summed E-state index contributed by atoms with van der Waals surface area (Å²) in [7, 11) is 1.58. The van der Waals surface area contributed by atoms with Crippen LogP contribution in [-0.4, -0.2) is 22.1 Å². The predicted molar refractivity (Wildman–Crippen MR) is 65.1 cm³/mol. The lowest BCUT2D eigenvalue weighted by Gasteiger charge is -2.09. The summed E-state index contributed by atoms with van der Waals surface area (Å²) >= 11 is 6.31. The fourth-order valence-corrected chi connectivity index (χ4v) is 1.78. The highest BCUT2D eigenvalue weighted by molar-refractivity contribution is 6.20. The Morgan fingerprint density at radius 1 is 1.29 bits per heavy atom. The van der Waals surface area contributed by atoms with Crippen molar-refractivity contribution in [1.82, 2.24) is 15.0 Å². The van der Waals surface area contributed by atoms with Gasteiger partial charge in [-0.1, -0.05) is 0 Å². The van der Waals surface area contributed by atoms with Crippen LogP contribution in [0.3, 0.4) is 0 Å². The van der Waals surface area contributed by atoms with Gasteiger partial charge < -0.3 is 4.74 Å². The van der Waals surface area contributed by atoms with Gasteiger partial charge in [-0.2, -0.15) is 0 Å². The van der Waals surface area contributed by atoms with E-state index in [0.717, 1.165) is 11.3 Å². The maximum atomic E-state index is 6.31. The molecular formula is C12H12ClN3O. The summed E-state index contributed by atoms with van der Waals surface area (Å²) in [5.41, 5.74) is 1.88. The Balaban J connectivity index is 2.10. The van der Waals surface area contributed by atoms with Gasteiger partial charge in [0.2, 0.25) is 5.88 Å². The number of pyridine rings is 1. The SMILES string of the molecule is COc1cc(CC(Cl)c2ccncc2)ncn1. The molecule has 0 aromatic carbocycles. The van der Waals surface area contributed by atoms with Crippen molar-refractivity contribution in [2.75, 3.05) is 7.11 Å². The molecule has 0 saturated heterocycles. The molecule has 5 heteroatoms. The zero-order valence-corrected chi connectivity index (χ0v) is 10.1. The first-order valence-corrected chi connectivity index (χ1v) is 5.62. The molecule has 0 N–H and O–H groups in total. The van der Waals surface area contributed by atoms with Crippen molar-refractivity contribution >= 4 is 11.6 Å². The van der Waals surface area contributed by atoms with Gasteiger partial charge in [0.25, 0.3) is 0 Å². The second kappa shape index (κ2) is 5.59. The first-order chi connectivity index (χ1) is 8.29. The highest BCUT2D eigenvalue weighted by atomic mass is 35.5. The molecule has 17 heavy (non-hydrogen) atoms. The Bertz CT molecular complexity index is 478. The number of methoxy groups -OCH3 is 1. The van der Waals surface area contributed by atoms with E-state index >= 15 is 0 Å². The van der Waals surface area contributed by atoms with E-state index < -0.39 is 0 Å². The molecule has 2 heterocycles. The number of rotatable bonds is 4. The van der Waals surface area contributed by atoms with Crippen LogP contribution < -0.4 is 4.74 Å². The molecule has 2 rings (SSSR count). The fraction of sp³-hybridized carbons (Fsp3) is 0.250. The van der Waals surface area contributed by atoms with Crippen LogP contribution >= 0.6 is 11.6 Å². The van der Waals surface area contributed by atoms with Gasteiger partial charge in [-0.15, -0.1) is 11.6 Å². The minimum Gasteiger partial charge on any atom is -0.481 e. The first kappa shape index (κ1) is 11.8. The van der Waals surface area contributed by atoms with E-state index in [4.69, 9.17) is 16.3 Å². The van der Waals surface area contributed by atoms with Gasteiger partial charge in [0, 0.05) is 30.6 Å². The Hall–Kier alpha value is -1.68. The topological polar surface area (TPSA) is 47.9 Å². The van der Waals surface area contributed by atoms with Crippen LogP contribution in [0.15, 0.2) is 36.9 Å². The molecule has 0 fully saturated rings. The molecule has 0 spiro atoms. The minimum absolute atomic E-state index is 0.127. The number of hydrogen-bond acceptors (Lipinski definition) is 4. The summed E-state index contributed by atoms with van der Waals surface area (Å²) in [6.45, 7) is 0. The lowest BCUT2D eigenvalue weighted by Crippen LogP contribution is -2.00. The number of nitrogens with zero attached hydrogens (tertiary/aromatic N) is 3. The van der Waals surface area contributed by atoms with Gasteiger partial charge in [0.15, 0.2) is 0 Å². The summed E-state index contributed by atoms with van der Waals surface area (Å²) in [5, 5.41) is -0.127. The molecule has 2 aromatic heterocycles. The van der Waals surface area contributed by atoms with E-state index in [-0.39, 0.29) is 5.38 Å². The zero-order valence-electron chi connectivity index (χ0n) is 9.38. The van der Waals surface area contributed by atoms with Crippen molar-refractivity contribution in [1.29, 1.82) is 0 Å². The second-order valence-corrected chi connectivity index (χ2v) is 4.03. The smallest absolute Gasteiger partial charge is 0.216 e. The number of halogens is 1. The molecule has 1 unspecified atom stereocenters. The maximum Gasteiger partial charge on any atom is 0.216 e. The van der Waals surface area contributed by atoms with Crippen LogP contribution in [0.5, 0.6) is 5.88 Å². The molecule has 0 radical (unpaired) electrons. The van der Waals surface area contributed by atoms with Crippen molar-refractivity contribution in [3.05, 3.63) is 48.2 Å². The van der Waals surface area contributed by atoms with Crippen LogP contribution in [0.2, 0.25) is 0 Å². The standard InChI is InChI=1S/C12H12ClN3O/c1-17-12-7-10(15-8-16-12)6-11(13)9-2-4-14-5-3-9/h2-5,7-8,11H,6H2,1H3. The van der Waals surface area contributed by atoms with Gasteiger partial charge in [0.05, 0.1) is 12.5 Å². The van der Waals surface area contributed by atoms with Crippen LogP contribution in [0.4, 0.5) is 0 Å². The molecule has 0 aliphatic rings. The Labute approximate surface area is 105 Å². The van der Waals surface area contributed by atoms with E-state index in [1.165, 1.54) is 6.33 Å². The van der Waals surface area contributed by atoms with Crippen LogP contribution in [0.1, 0.15) is 16.6 Å². The summed E-state index contributed by atoms with van der Waals surface area (Å²) in [5.74, 6) is 0.550. The van der Waals surface area contributed by atoms with Crippen LogP contribution in [0, 0.1) is 0 Å². The fourth-order valence-electron chi connectivity index (χ4n) is 1.47. The third-order valence-electron chi connectivity index (χ3n) is 2.36. The van der Waals surface area contributed by atoms with Gasteiger partial charge in [-0.3, -0.25) is 4.98 Å². The molecule has 2 aromatic rings. The molecule has 88 valence electrons. The van der Waals surface area contributed by atoms with E-state index in [1.54, 1.807) is 25.6 Å². The van der Waals surface area contributed by atoms with Gasteiger partial charge in [-0.25, -0.2) is 9.97 Å². The van der Waals surface area contributed by atoms with Gasteiger partial charge >= 0.3 is 0 Å². The summed E-state index contributed by atoms with van der Waals surface area (Å²) in [6, 6.07) is 5.59. The summed E-state index contributed by atoms with van der Waals surface area (Å²) in [4.78, 5) is 12.1. The predicted octanol–water partition coefficient (Wildman–Crippen LogP) is 2.40. The quantitative estimate of drug-likeness (QED) is 0.781. The van der Waals surface area contributed by atoms with E-state index in [0.29, 0.717) is 12.3 Å². The number of hydrogen-bond donors (Lipinski definition) is 0. The number of ether oxygens (including phenoxy) is 1. The minimum atomic E-state index is -0.127. The average molecular weight is 250 g/mol. The third kappa shape index (κ3) is 3.14. The zero-order chi connectivity index (χ0) is 12.1. The lowest BCUT2D eigenvalue weighted by atomic mass is 10.1. The van der Waals surface area contributed by atoms with Crippen LogP contribution in [-0.2, 0) is 6.42 Å². The Morgan fingerprint density at radius 3 is 2.76 bits per heavy atom. The summed E-state index contributed by atoms with van der Waals surface area (Å²) in [6.07, 6.45) is 5.56. The highest BCUT2D eigenvalue weighted by Crippen LogP contribution is 2.24.